The normalized spacial score (nSPS) is 16.6. The molecule has 3 rings (SSSR count). The summed E-state index contributed by atoms with van der Waals surface area (Å²) in [6.07, 6.45) is -1.16. The molecule has 6 nitrogen and oxygen atoms in total. The average Bonchev–Trinajstić information content (AvgIpc) is 2.91. The number of nitrogens with zero attached hydrogens (tertiary/aromatic N) is 1. The van der Waals surface area contributed by atoms with E-state index in [0.717, 1.165) is 5.56 Å². The van der Waals surface area contributed by atoms with E-state index in [1.165, 1.54) is 19.1 Å². The number of aliphatic hydroxyl groups excluding tert-OH is 1. The maximum atomic E-state index is 13.1. The number of carbonyl (C=O) groups excluding carboxylic acids is 1. The fourth-order valence-corrected chi connectivity index (χ4v) is 3.36. The van der Waals surface area contributed by atoms with Crippen LogP contribution < -0.4 is 9.47 Å². The number of carbonyl (C=O) groups is 1. The minimum Gasteiger partial charge on any atom is -0.493 e. The summed E-state index contributed by atoms with van der Waals surface area (Å²) in [6, 6.07) is 12.9. The lowest BCUT2D eigenvalue weighted by Gasteiger charge is -2.38. The molecule has 1 aliphatic rings. The summed E-state index contributed by atoms with van der Waals surface area (Å²) >= 11 is 0. The Morgan fingerprint density at radius 3 is 2.42 bits per heavy atom. The zero-order valence-electron chi connectivity index (χ0n) is 15.4. The van der Waals surface area contributed by atoms with Crippen molar-refractivity contribution >= 4 is 5.91 Å². The van der Waals surface area contributed by atoms with Crippen molar-refractivity contribution in [1.29, 1.82) is 0 Å². The Kier molecular flexibility index (Phi) is 4.89. The number of methoxy groups -OCH3 is 2. The van der Waals surface area contributed by atoms with Crippen LogP contribution in [-0.2, 0) is 10.3 Å². The summed E-state index contributed by atoms with van der Waals surface area (Å²) < 4.78 is 15.9. The Labute approximate surface area is 152 Å². The van der Waals surface area contributed by atoms with Crippen LogP contribution in [0.5, 0.6) is 11.5 Å². The van der Waals surface area contributed by atoms with Crippen molar-refractivity contribution in [3.63, 3.8) is 0 Å². The number of hydrogen-bond donors (Lipinski definition) is 1. The van der Waals surface area contributed by atoms with E-state index in [-0.39, 0.29) is 12.7 Å². The number of fused-ring (bicyclic) bond motifs is 1. The van der Waals surface area contributed by atoms with Crippen LogP contribution in [-0.4, -0.2) is 36.9 Å². The van der Waals surface area contributed by atoms with E-state index >= 15 is 0 Å². The molecule has 2 aromatic carbocycles. The van der Waals surface area contributed by atoms with Crippen LogP contribution >= 0.6 is 0 Å². The standard InChI is InChI=1S/C20H23NO5/c1-20(2,13-8-6-5-7-9-13)21-18(22)14-10-11-15(25-4)17(26-12-24-3)16(14)19(21)23/h5-11,19,23H,12H2,1-4H3. The van der Waals surface area contributed by atoms with Gasteiger partial charge in [-0.1, -0.05) is 30.3 Å². The molecule has 0 aromatic heterocycles. The van der Waals surface area contributed by atoms with E-state index < -0.39 is 11.8 Å². The quantitative estimate of drug-likeness (QED) is 0.805. The second-order valence-corrected chi connectivity index (χ2v) is 6.58. The summed E-state index contributed by atoms with van der Waals surface area (Å²) in [7, 11) is 3.01. The van der Waals surface area contributed by atoms with Crippen molar-refractivity contribution in [2.45, 2.75) is 25.6 Å². The van der Waals surface area contributed by atoms with E-state index in [9.17, 15) is 9.90 Å². The monoisotopic (exact) mass is 357 g/mol. The molecular weight excluding hydrogens is 334 g/mol. The third kappa shape index (κ3) is 2.81. The fourth-order valence-electron chi connectivity index (χ4n) is 3.36. The predicted octanol–water partition coefficient (Wildman–Crippen LogP) is 3.06. The first-order valence-corrected chi connectivity index (χ1v) is 8.33. The Hall–Kier alpha value is -2.57. The van der Waals surface area contributed by atoms with Gasteiger partial charge in [-0.3, -0.25) is 9.69 Å². The molecule has 1 amide bonds. The summed E-state index contributed by atoms with van der Waals surface area (Å²) in [5, 5.41) is 11.0. The van der Waals surface area contributed by atoms with Crippen LogP contribution in [0.15, 0.2) is 42.5 Å². The molecular formula is C20H23NO5. The van der Waals surface area contributed by atoms with Gasteiger partial charge in [0.1, 0.15) is 0 Å². The van der Waals surface area contributed by atoms with Gasteiger partial charge in [0, 0.05) is 7.11 Å². The van der Waals surface area contributed by atoms with E-state index in [0.29, 0.717) is 22.6 Å². The molecule has 0 aliphatic carbocycles. The molecule has 0 bridgehead atoms. The second kappa shape index (κ2) is 6.97. The molecule has 26 heavy (non-hydrogen) atoms. The van der Waals surface area contributed by atoms with E-state index in [2.05, 4.69) is 0 Å². The third-order valence-electron chi connectivity index (χ3n) is 4.74. The number of hydrogen-bond acceptors (Lipinski definition) is 5. The van der Waals surface area contributed by atoms with Gasteiger partial charge in [-0.25, -0.2) is 0 Å². The lowest BCUT2D eigenvalue weighted by Crippen LogP contribution is -2.44. The van der Waals surface area contributed by atoms with E-state index in [1.54, 1.807) is 12.1 Å². The predicted molar refractivity (Wildman–Crippen MR) is 96.1 cm³/mol. The zero-order valence-corrected chi connectivity index (χ0v) is 15.4. The Bertz CT molecular complexity index is 803. The van der Waals surface area contributed by atoms with Crippen LogP contribution in [0.25, 0.3) is 0 Å². The van der Waals surface area contributed by atoms with Crippen molar-refractivity contribution < 1.29 is 24.1 Å². The summed E-state index contributed by atoms with van der Waals surface area (Å²) in [5.41, 5.74) is 0.998. The second-order valence-electron chi connectivity index (χ2n) is 6.58. The van der Waals surface area contributed by atoms with Crippen molar-refractivity contribution in [1.82, 2.24) is 4.90 Å². The topological polar surface area (TPSA) is 68.2 Å². The maximum absolute atomic E-state index is 13.1. The molecule has 0 spiro atoms. The lowest BCUT2D eigenvalue weighted by atomic mass is 9.92. The zero-order chi connectivity index (χ0) is 18.9. The van der Waals surface area contributed by atoms with Crippen LogP contribution in [0.1, 0.15) is 41.6 Å². The number of rotatable bonds is 6. The molecule has 0 radical (unpaired) electrons. The molecule has 6 heteroatoms. The summed E-state index contributed by atoms with van der Waals surface area (Å²) in [6.45, 7) is 3.79. The first kappa shape index (κ1) is 18.2. The van der Waals surface area contributed by atoms with Crippen molar-refractivity contribution in [3.8, 4) is 11.5 Å². The molecule has 1 N–H and O–H groups in total. The van der Waals surface area contributed by atoms with Crippen LogP contribution in [0.4, 0.5) is 0 Å². The first-order chi connectivity index (χ1) is 12.4. The van der Waals surface area contributed by atoms with Gasteiger partial charge in [0.15, 0.2) is 24.5 Å². The molecule has 138 valence electrons. The first-order valence-electron chi connectivity index (χ1n) is 8.33. The van der Waals surface area contributed by atoms with Crippen LogP contribution in [0.3, 0.4) is 0 Å². The van der Waals surface area contributed by atoms with Gasteiger partial charge in [0.25, 0.3) is 5.91 Å². The minimum atomic E-state index is -1.16. The third-order valence-corrected chi connectivity index (χ3v) is 4.74. The molecule has 1 aliphatic heterocycles. The van der Waals surface area contributed by atoms with Gasteiger partial charge in [-0.2, -0.15) is 0 Å². The minimum absolute atomic E-state index is 0.0181. The highest BCUT2D eigenvalue weighted by molar-refractivity contribution is 6.00. The van der Waals surface area contributed by atoms with E-state index in [1.807, 2.05) is 44.2 Å². The van der Waals surface area contributed by atoms with Gasteiger partial charge < -0.3 is 19.3 Å². The Morgan fingerprint density at radius 1 is 1.12 bits per heavy atom. The summed E-state index contributed by atoms with van der Waals surface area (Å²) in [4.78, 5) is 14.6. The molecule has 1 heterocycles. The van der Waals surface area contributed by atoms with Crippen molar-refractivity contribution in [2.75, 3.05) is 21.0 Å². The molecule has 0 saturated heterocycles. The molecule has 2 aromatic rings. The number of ether oxygens (including phenoxy) is 3. The largest absolute Gasteiger partial charge is 0.493 e. The van der Waals surface area contributed by atoms with E-state index in [4.69, 9.17) is 14.2 Å². The Balaban J connectivity index is 2.09. The molecule has 1 unspecified atom stereocenters. The fraction of sp³-hybridized carbons (Fsp3) is 0.350. The van der Waals surface area contributed by atoms with Crippen molar-refractivity contribution in [2.24, 2.45) is 0 Å². The van der Waals surface area contributed by atoms with Crippen LogP contribution in [0.2, 0.25) is 0 Å². The van der Waals surface area contributed by atoms with Gasteiger partial charge >= 0.3 is 0 Å². The molecule has 1 atom stereocenters. The van der Waals surface area contributed by atoms with Gasteiger partial charge in [0.05, 0.1) is 23.8 Å². The number of amides is 1. The average molecular weight is 357 g/mol. The number of aliphatic hydroxyl groups is 1. The van der Waals surface area contributed by atoms with Gasteiger partial charge in [-0.05, 0) is 31.5 Å². The lowest BCUT2D eigenvalue weighted by molar-refractivity contribution is -0.0328. The molecule has 0 fully saturated rings. The SMILES string of the molecule is COCOc1c(OC)ccc2c1C(O)N(C(C)(C)c1ccccc1)C2=O. The number of benzene rings is 2. The van der Waals surface area contributed by atoms with Crippen molar-refractivity contribution in [3.05, 3.63) is 59.2 Å². The summed E-state index contributed by atoms with van der Waals surface area (Å²) in [5.74, 6) is 0.498. The highest BCUT2D eigenvalue weighted by Crippen LogP contribution is 2.48. The molecule has 0 saturated carbocycles. The smallest absolute Gasteiger partial charge is 0.257 e. The van der Waals surface area contributed by atoms with Gasteiger partial charge in [-0.15, -0.1) is 0 Å². The Morgan fingerprint density at radius 2 is 1.81 bits per heavy atom. The van der Waals surface area contributed by atoms with Crippen LogP contribution in [0, 0.1) is 0 Å². The highest BCUT2D eigenvalue weighted by Gasteiger charge is 2.46. The van der Waals surface area contributed by atoms with Gasteiger partial charge in [0.2, 0.25) is 0 Å². The highest BCUT2D eigenvalue weighted by atomic mass is 16.7. The maximum Gasteiger partial charge on any atom is 0.257 e.